The predicted molar refractivity (Wildman–Crippen MR) is 99.9 cm³/mol. The number of carbonyl (C=O) groups is 2. The maximum Gasteiger partial charge on any atom is 0.416 e. The number of ether oxygens (including phenoxy) is 2. The number of hydrogen-bond acceptors (Lipinski definition) is 6. The molecule has 1 aliphatic heterocycles. The van der Waals surface area contributed by atoms with Crippen LogP contribution in [-0.4, -0.2) is 42.1 Å². The van der Waals surface area contributed by atoms with Crippen LogP contribution < -0.4 is 14.8 Å². The van der Waals surface area contributed by atoms with Gasteiger partial charge in [-0.15, -0.1) is 0 Å². The van der Waals surface area contributed by atoms with Crippen LogP contribution in [-0.2, 0) is 15.8 Å². The summed E-state index contributed by atoms with van der Waals surface area (Å²) in [7, 11) is 1.32. The number of alkyl halides is 3. The van der Waals surface area contributed by atoms with Gasteiger partial charge in [-0.2, -0.15) is 13.2 Å². The second kappa shape index (κ2) is 8.83. The minimum Gasteiger partial charge on any atom is -0.497 e. The van der Waals surface area contributed by atoms with Crippen molar-refractivity contribution in [3.63, 3.8) is 0 Å². The monoisotopic (exact) mass is 458 g/mol. The van der Waals surface area contributed by atoms with Crippen molar-refractivity contribution >= 4 is 17.5 Å². The largest absolute Gasteiger partial charge is 0.497 e. The van der Waals surface area contributed by atoms with Gasteiger partial charge in [0.1, 0.15) is 11.4 Å². The van der Waals surface area contributed by atoms with Crippen molar-refractivity contribution < 1.29 is 46.1 Å². The van der Waals surface area contributed by atoms with E-state index >= 15 is 0 Å². The number of β-amino-alcohol motifs (C(OH)–C–C–N with tert-alkyl or cyclic N) is 1. The number of halogens is 5. The van der Waals surface area contributed by atoms with Crippen molar-refractivity contribution in [3.05, 3.63) is 59.3 Å². The highest BCUT2D eigenvalue weighted by molar-refractivity contribution is 6.17. The lowest BCUT2D eigenvalue weighted by atomic mass is 10.2. The summed E-state index contributed by atoms with van der Waals surface area (Å²) in [5.74, 6) is -5.81. The number of anilines is 1. The zero-order chi connectivity index (χ0) is 23.6. The highest BCUT2D eigenvalue weighted by Crippen LogP contribution is 2.39. The first-order chi connectivity index (χ1) is 15.0. The molecule has 0 saturated heterocycles. The molecule has 32 heavy (non-hydrogen) atoms. The SMILES string of the molecule is COc1ccc(Oc2c(F)cc(C(F)(F)F)cc2F)c(NC2=CC(=O)N(CCO)C2=O)c1. The molecule has 2 N–H and O–H groups in total. The van der Waals surface area contributed by atoms with Crippen LogP contribution >= 0.6 is 0 Å². The number of imide groups is 1. The third-order valence-corrected chi connectivity index (χ3v) is 4.33. The Balaban J connectivity index is 1.95. The predicted octanol–water partition coefficient (Wildman–Crippen LogP) is 3.44. The minimum absolute atomic E-state index is 0.0682. The molecule has 3 rings (SSSR count). The second-order valence-electron chi connectivity index (χ2n) is 6.43. The quantitative estimate of drug-likeness (QED) is 0.488. The van der Waals surface area contributed by atoms with Gasteiger partial charge in [-0.1, -0.05) is 0 Å². The van der Waals surface area contributed by atoms with E-state index in [2.05, 4.69) is 5.32 Å². The molecule has 0 spiro atoms. The minimum atomic E-state index is -4.96. The van der Waals surface area contributed by atoms with Crippen molar-refractivity contribution in [3.8, 4) is 17.2 Å². The average molecular weight is 458 g/mol. The topological polar surface area (TPSA) is 88.1 Å². The summed E-state index contributed by atoms with van der Waals surface area (Å²) >= 11 is 0. The standard InChI is InChI=1S/C20H15F5N2O5/c1-31-11-2-3-16(32-18-12(21)6-10(7-13(18)22)20(23,24)25)14(8-11)26-15-9-17(29)27(4-5-28)19(15)30/h2-3,6-9,26,28H,4-5H2,1H3. The zero-order valence-corrected chi connectivity index (χ0v) is 16.3. The summed E-state index contributed by atoms with van der Waals surface area (Å²) in [5, 5.41) is 11.6. The molecule has 12 heteroatoms. The molecule has 0 aromatic heterocycles. The number of aliphatic hydroxyl groups excluding tert-OH is 1. The first kappa shape index (κ1) is 23.0. The molecule has 2 aromatic carbocycles. The van der Waals surface area contributed by atoms with E-state index in [9.17, 15) is 31.5 Å². The first-order valence-corrected chi connectivity index (χ1v) is 8.92. The number of carbonyl (C=O) groups excluding carboxylic acids is 2. The molecule has 1 aliphatic rings. The normalized spacial score (nSPS) is 14.0. The van der Waals surface area contributed by atoms with Crippen LogP contribution in [0.5, 0.6) is 17.2 Å². The van der Waals surface area contributed by atoms with Gasteiger partial charge < -0.3 is 19.9 Å². The van der Waals surface area contributed by atoms with Crippen molar-refractivity contribution in [2.24, 2.45) is 0 Å². The molecule has 1 heterocycles. The maximum atomic E-state index is 14.2. The van der Waals surface area contributed by atoms with Crippen molar-refractivity contribution in [2.75, 3.05) is 25.6 Å². The summed E-state index contributed by atoms with van der Waals surface area (Å²) in [6, 6.07) is 4.00. The third kappa shape index (κ3) is 4.64. The molecule has 0 aliphatic carbocycles. The molecule has 2 aromatic rings. The average Bonchev–Trinajstić information content (AvgIpc) is 2.98. The Morgan fingerprint density at radius 1 is 1.09 bits per heavy atom. The molecule has 170 valence electrons. The fourth-order valence-electron chi connectivity index (χ4n) is 2.81. The summed E-state index contributed by atoms with van der Waals surface area (Å²) in [6.07, 6.45) is -4.02. The maximum absolute atomic E-state index is 14.2. The molecule has 0 saturated carbocycles. The number of benzene rings is 2. The lowest BCUT2D eigenvalue weighted by molar-refractivity contribution is -0.138. The molecule has 0 fully saturated rings. The lowest BCUT2D eigenvalue weighted by Crippen LogP contribution is -2.34. The van der Waals surface area contributed by atoms with Gasteiger partial charge in [0.05, 0.1) is 31.5 Å². The summed E-state index contributed by atoms with van der Waals surface area (Å²) in [6.45, 7) is -0.707. The number of nitrogens with zero attached hydrogens (tertiary/aromatic N) is 1. The Morgan fingerprint density at radius 3 is 2.31 bits per heavy atom. The Labute approximate surface area is 177 Å². The molecule has 2 amide bonds. The van der Waals surface area contributed by atoms with Gasteiger partial charge in [-0.25, -0.2) is 8.78 Å². The first-order valence-electron chi connectivity index (χ1n) is 8.92. The fraction of sp³-hybridized carbons (Fsp3) is 0.200. The van der Waals surface area contributed by atoms with E-state index < -0.39 is 47.5 Å². The van der Waals surface area contributed by atoms with Crippen LogP contribution in [0.3, 0.4) is 0 Å². The van der Waals surface area contributed by atoms with Gasteiger partial charge in [-0.05, 0) is 24.3 Å². The van der Waals surface area contributed by atoms with E-state index in [0.29, 0.717) is 0 Å². The molecule has 0 bridgehead atoms. The van der Waals surface area contributed by atoms with E-state index in [-0.39, 0.29) is 41.6 Å². The number of nitrogens with one attached hydrogen (secondary N) is 1. The van der Waals surface area contributed by atoms with Gasteiger partial charge in [-0.3, -0.25) is 14.5 Å². The van der Waals surface area contributed by atoms with Crippen LogP contribution in [0.4, 0.5) is 27.6 Å². The Kier molecular flexibility index (Phi) is 6.35. The number of methoxy groups -OCH3 is 1. The van der Waals surface area contributed by atoms with E-state index in [1.165, 1.54) is 25.3 Å². The molecular weight excluding hydrogens is 443 g/mol. The van der Waals surface area contributed by atoms with Gasteiger partial charge in [0.25, 0.3) is 11.8 Å². The smallest absolute Gasteiger partial charge is 0.416 e. The molecule has 0 unspecified atom stereocenters. The summed E-state index contributed by atoms with van der Waals surface area (Å²) in [4.78, 5) is 25.0. The number of rotatable bonds is 7. The Hall–Kier alpha value is -3.67. The van der Waals surface area contributed by atoms with Crippen molar-refractivity contribution in [2.45, 2.75) is 6.18 Å². The third-order valence-electron chi connectivity index (χ3n) is 4.33. The van der Waals surface area contributed by atoms with E-state index in [1.54, 1.807) is 0 Å². The van der Waals surface area contributed by atoms with Gasteiger partial charge in [0.2, 0.25) is 0 Å². The van der Waals surface area contributed by atoms with Gasteiger partial charge >= 0.3 is 6.18 Å². The van der Waals surface area contributed by atoms with E-state index in [4.69, 9.17) is 14.6 Å². The molecule has 0 radical (unpaired) electrons. The molecular formula is C20H15F5N2O5. The van der Waals surface area contributed by atoms with Gasteiger partial charge in [0.15, 0.2) is 23.1 Å². The number of hydrogen-bond donors (Lipinski definition) is 2. The summed E-state index contributed by atoms with van der Waals surface area (Å²) < 4.78 is 76.9. The van der Waals surface area contributed by atoms with Gasteiger partial charge in [0, 0.05) is 12.1 Å². The summed E-state index contributed by atoms with van der Waals surface area (Å²) in [5.41, 5.74) is -1.83. The van der Waals surface area contributed by atoms with Crippen LogP contribution in [0.2, 0.25) is 0 Å². The van der Waals surface area contributed by atoms with Crippen molar-refractivity contribution in [1.82, 2.24) is 4.90 Å². The van der Waals surface area contributed by atoms with E-state index in [1.807, 2.05) is 0 Å². The number of amides is 2. The highest BCUT2D eigenvalue weighted by atomic mass is 19.4. The Bertz CT molecular complexity index is 1080. The molecule has 7 nitrogen and oxygen atoms in total. The number of aliphatic hydroxyl groups is 1. The molecule has 0 atom stereocenters. The van der Waals surface area contributed by atoms with Crippen LogP contribution in [0, 0.1) is 11.6 Å². The van der Waals surface area contributed by atoms with Crippen LogP contribution in [0.1, 0.15) is 5.56 Å². The van der Waals surface area contributed by atoms with Crippen LogP contribution in [0.25, 0.3) is 0 Å². The second-order valence-corrected chi connectivity index (χ2v) is 6.43. The van der Waals surface area contributed by atoms with Crippen LogP contribution in [0.15, 0.2) is 42.1 Å². The van der Waals surface area contributed by atoms with E-state index in [0.717, 1.165) is 11.0 Å². The fourth-order valence-corrected chi connectivity index (χ4v) is 2.81. The Morgan fingerprint density at radius 2 is 1.75 bits per heavy atom. The highest BCUT2D eigenvalue weighted by Gasteiger charge is 2.34. The zero-order valence-electron chi connectivity index (χ0n) is 16.3. The van der Waals surface area contributed by atoms with Crippen molar-refractivity contribution in [1.29, 1.82) is 0 Å². The lowest BCUT2D eigenvalue weighted by Gasteiger charge is -2.17.